The number of nitrogen functional groups attached to an aromatic ring is 1. The van der Waals surface area contributed by atoms with Crippen LogP contribution in [-0.4, -0.2) is 75.0 Å². The van der Waals surface area contributed by atoms with E-state index in [1.807, 2.05) is 13.8 Å². The Hall–Kier alpha value is -2.83. The van der Waals surface area contributed by atoms with Crippen LogP contribution in [0.5, 0.6) is 0 Å². The lowest BCUT2D eigenvalue weighted by molar-refractivity contribution is -0.139. The van der Waals surface area contributed by atoms with Gasteiger partial charge in [-0.25, -0.2) is 9.19 Å². The van der Waals surface area contributed by atoms with E-state index in [0.29, 0.717) is 25.1 Å². The lowest BCUT2D eigenvalue weighted by atomic mass is 9.95. The van der Waals surface area contributed by atoms with E-state index in [2.05, 4.69) is 47.6 Å². The van der Waals surface area contributed by atoms with E-state index in [4.69, 9.17) is 5.73 Å². The van der Waals surface area contributed by atoms with Crippen molar-refractivity contribution in [3.8, 4) is 0 Å². The number of benzene rings is 1. The Balaban J connectivity index is 0.00000226. The normalized spacial score (nSPS) is 17.0. The van der Waals surface area contributed by atoms with Gasteiger partial charge in [0.25, 0.3) is 5.91 Å². The highest BCUT2D eigenvalue weighted by atomic mass is 32.2. The van der Waals surface area contributed by atoms with E-state index in [1.165, 1.54) is 17.8 Å². The topological polar surface area (TPSA) is 138 Å². The molecule has 1 aliphatic heterocycles. The molecule has 252 valence electrons. The molecule has 12 heteroatoms. The summed E-state index contributed by atoms with van der Waals surface area (Å²) in [5.74, 6) is -0.450. The van der Waals surface area contributed by atoms with Crippen molar-refractivity contribution in [2.45, 2.75) is 110 Å². The number of piperidine rings is 1. The van der Waals surface area contributed by atoms with Gasteiger partial charge in [0, 0.05) is 37.1 Å². The molecule has 10 nitrogen and oxygen atoms in total. The summed E-state index contributed by atoms with van der Waals surface area (Å²) < 4.78 is 14.9. The van der Waals surface area contributed by atoms with E-state index < -0.39 is 22.9 Å². The number of aromatic nitrogens is 1. The molecule has 1 aliphatic rings. The summed E-state index contributed by atoms with van der Waals surface area (Å²) >= 11 is 1.36. The first-order valence-corrected chi connectivity index (χ1v) is 18.4. The van der Waals surface area contributed by atoms with Crippen molar-refractivity contribution in [1.82, 2.24) is 24.8 Å². The van der Waals surface area contributed by atoms with E-state index in [-0.39, 0.29) is 41.3 Å². The standard InChI is InChI=1S/C30H46N6O4S2.C3H8/c1-6-21(4)27(33-29(38)25-10-7-8-17-36(25)20(2)3)30(39)35(5)16-9-11-26-32-24(18-41-26)28(37)34-42(40)19-22-12-14-23(31)15-13-22;1-3-2/h12-15,18,20-21,25,27H,6-11,16-17,19,31H2,1-5H3,(H,33,38)(H,34,37);3H2,1-2H3. The van der Waals surface area contributed by atoms with Crippen LogP contribution in [0.4, 0.5) is 5.69 Å². The highest BCUT2D eigenvalue weighted by Crippen LogP contribution is 2.21. The number of nitrogens with zero attached hydrogens (tertiary/aromatic N) is 3. The Morgan fingerprint density at radius 3 is 2.42 bits per heavy atom. The summed E-state index contributed by atoms with van der Waals surface area (Å²) in [4.78, 5) is 47.6. The molecule has 0 aliphatic carbocycles. The van der Waals surface area contributed by atoms with Gasteiger partial charge in [-0.3, -0.25) is 24.0 Å². The number of rotatable bonds is 14. The maximum atomic E-state index is 13.5. The first-order chi connectivity index (χ1) is 21.4. The van der Waals surface area contributed by atoms with Crippen LogP contribution in [0.1, 0.15) is 101 Å². The van der Waals surface area contributed by atoms with Crippen molar-refractivity contribution in [2.24, 2.45) is 5.92 Å². The minimum absolute atomic E-state index is 0.00518. The zero-order valence-corrected chi connectivity index (χ0v) is 29.8. The van der Waals surface area contributed by atoms with Crippen LogP contribution in [0.3, 0.4) is 0 Å². The summed E-state index contributed by atoms with van der Waals surface area (Å²) in [5, 5.41) is 5.52. The molecule has 1 saturated heterocycles. The van der Waals surface area contributed by atoms with Crippen LogP contribution in [0.25, 0.3) is 0 Å². The molecule has 2 aromatic rings. The minimum atomic E-state index is -1.59. The molecule has 45 heavy (non-hydrogen) atoms. The quantitative estimate of drug-likeness (QED) is 0.244. The molecule has 4 atom stereocenters. The van der Waals surface area contributed by atoms with Gasteiger partial charge in [0.2, 0.25) is 11.8 Å². The fraction of sp³-hybridized carbons (Fsp3) is 0.636. The fourth-order valence-electron chi connectivity index (χ4n) is 5.09. The van der Waals surface area contributed by atoms with Gasteiger partial charge in [0.05, 0.1) is 16.8 Å². The number of carbonyl (C=O) groups is 3. The molecule has 2 heterocycles. The molecule has 1 aromatic heterocycles. The number of nitrogens with two attached hydrogens (primary N) is 1. The molecule has 4 unspecified atom stereocenters. The third kappa shape index (κ3) is 12.5. The molecular weight excluding hydrogens is 609 g/mol. The van der Waals surface area contributed by atoms with Crippen molar-refractivity contribution in [2.75, 3.05) is 25.9 Å². The maximum absolute atomic E-state index is 13.5. The number of nitrogens with one attached hydrogen (secondary N) is 2. The molecule has 0 saturated carbocycles. The van der Waals surface area contributed by atoms with Crippen molar-refractivity contribution in [1.29, 1.82) is 0 Å². The Bertz CT molecular complexity index is 1240. The number of aryl methyl sites for hydroxylation is 1. The zero-order chi connectivity index (χ0) is 33.5. The van der Waals surface area contributed by atoms with Gasteiger partial charge < -0.3 is 16.0 Å². The van der Waals surface area contributed by atoms with Crippen LogP contribution in [-0.2, 0) is 32.7 Å². The van der Waals surface area contributed by atoms with E-state index in [0.717, 1.165) is 42.8 Å². The summed E-state index contributed by atoms with van der Waals surface area (Å²) in [7, 11) is 0.177. The maximum Gasteiger partial charge on any atom is 0.282 e. The number of amides is 3. The first kappa shape index (κ1) is 38.4. The Morgan fingerprint density at radius 2 is 1.80 bits per heavy atom. The third-order valence-electron chi connectivity index (χ3n) is 7.82. The Kier molecular flexibility index (Phi) is 16.7. The molecule has 0 radical (unpaired) electrons. The largest absolute Gasteiger partial charge is 0.399 e. The van der Waals surface area contributed by atoms with Crippen molar-refractivity contribution in [3.63, 3.8) is 0 Å². The summed E-state index contributed by atoms with van der Waals surface area (Å²) in [5.41, 5.74) is 7.33. The zero-order valence-electron chi connectivity index (χ0n) is 28.1. The number of carbonyl (C=O) groups excluding carboxylic acids is 3. The number of likely N-dealkylation sites (N-methyl/N-ethyl adjacent to an activating group) is 1. The average molecular weight is 663 g/mol. The van der Waals surface area contributed by atoms with Crippen LogP contribution >= 0.6 is 11.3 Å². The fourth-order valence-corrected chi connectivity index (χ4v) is 6.79. The van der Waals surface area contributed by atoms with Gasteiger partial charge in [-0.1, -0.05) is 59.1 Å². The molecule has 0 bridgehead atoms. The van der Waals surface area contributed by atoms with Crippen LogP contribution in [0, 0.1) is 5.92 Å². The predicted octanol–water partition coefficient (Wildman–Crippen LogP) is 4.92. The highest BCUT2D eigenvalue weighted by molar-refractivity contribution is 7.82. The summed E-state index contributed by atoms with van der Waals surface area (Å²) in [6.07, 6.45) is 6.20. The summed E-state index contributed by atoms with van der Waals surface area (Å²) in [6, 6.07) is 6.50. The molecule has 1 fully saturated rings. The third-order valence-corrected chi connectivity index (χ3v) is 9.73. The van der Waals surface area contributed by atoms with Gasteiger partial charge >= 0.3 is 0 Å². The smallest absolute Gasteiger partial charge is 0.282 e. The first-order valence-electron chi connectivity index (χ1n) is 16.2. The molecular formula is C33H54N6O4S2. The number of thiazole rings is 1. The van der Waals surface area contributed by atoms with Crippen LogP contribution < -0.4 is 15.8 Å². The van der Waals surface area contributed by atoms with Gasteiger partial charge in [-0.2, -0.15) is 0 Å². The van der Waals surface area contributed by atoms with E-state index in [1.54, 1.807) is 41.6 Å². The number of hydrogen-bond donors (Lipinski definition) is 3. The second kappa shape index (κ2) is 19.6. The second-order valence-corrected chi connectivity index (χ2v) is 14.2. The van der Waals surface area contributed by atoms with Gasteiger partial charge in [-0.15, -0.1) is 11.3 Å². The van der Waals surface area contributed by atoms with Crippen molar-refractivity contribution < 1.29 is 18.6 Å². The van der Waals surface area contributed by atoms with Crippen LogP contribution in [0.15, 0.2) is 29.6 Å². The molecule has 3 rings (SSSR count). The Labute approximate surface area is 276 Å². The Morgan fingerprint density at radius 1 is 1.13 bits per heavy atom. The number of likely N-dealkylation sites (tertiary alicyclic amines) is 1. The summed E-state index contributed by atoms with van der Waals surface area (Å²) in [6.45, 7) is 13.9. The van der Waals surface area contributed by atoms with E-state index in [9.17, 15) is 18.6 Å². The number of hydrogen-bond acceptors (Lipinski definition) is 8. The monoisotopic (exact) mass is 662 g/mol. The predicted molar refractivity (Wildman–Crippen MR) is 185 cm³/mol. The minimum Gasteiger partial charge on any atom is -0.399 e. The molecule has 3 amide bonds. The van der Waals surface area contributed by atoms with Gasteiger partial charge in [0.1, 0.15) is 22.7 Å². The lowest BCUT2D eigenvalue weighted by Crippen LogP contribution is -2.58. The van der Waals surface area contributed by atoms with Crippen LogP contribution in [0.2, 0.25) is 0 Å². The lowest BCUT2D eigenvalue weighted by Gasteiger charge is -2.38. The van der Waals surface area contributed by atoms with Crippen molar-refractivity contribution >= 4 is 45.7 Å². The highest BCUT2D eigenvalue weighted by Gasteiger charge is 2.35. The second-order valence-electron chi connectivity index (χ2n) is 12.1. The number of anilines is 1. The average Bonchev–Trinajstić information content (AvgIpc) is 3.49. The van der Waals surface area contributed by atoms with Gasteiger partial charge in [0.15, 0.2) is 0 Å². The molecule has 4 N–H and O–H groups in total. The SMILES string of the molecule is CCC.CCC(C)C(NC(=O)C1CCCCN1C(C)C)C(=O)N(C)CCCc1nc(C(=O)NS(=O)Cc2ccc(N)cc2)cs1. The molecule has 0 spiro atoms. The molecule has 1 aromatic carbocycles. The van der Waals surface area contributed by atoms with Gasteiger partial charge in [-0.05, 0) is 63.3 Å². The van der Waals surface area contributed by atoms with E-state index >= 15 is 0 Å². The van der Waals surface area contributed by atoms with Crippen molar-refractivity contribution in [3.05, 3.63) is 45.9 Å².